The predicted octanol–water partition coefficient (Wildman–Crippen LogP) is 2.53. The third-order valence-corrected chi connectivity index (χ3v) is 3.50. The number of Topliss-reactive ketones (excluding diaryl/α,β-unsaturated/α-hetero) is 1. The van der Waals surface area contributed by atoms with Crippen molar-refractivity contribution >= 4 is 34.6 Å². The van der Waals surface area contributed by atoms with Crippen LogP contribution in [0.25, 0.3) is 11.1 Å². The van der Waals surface area contributed by atoms with E-state index in [9.17, 15) is 10.1 Å². The van der Waals surface area contributed by atoms with Crippen molar-refractivity contribution in [3.05, 3.63) is 41.5 Å². The molecule has 1 aliphatic rings. The normalized spacial score (nSPS) is 13.3. The highest BCUT2D eigenvalue weighted by molar-refractivity contribution is 7.80. The van der Waals surface area contributed by atoms with Crippen molar-refractivity contribution in [2.75, 3.05) is 11.1 Å². The number of ketones is 1. The Hall–Kier alpha value is -2.78. The Balaban J connectivity index is 2.39. The second kappa shape index (κ2) is 4.96. The van der Waals surface area contributed by atoms with Gasteiger partial charge in [-0.3, -0.25) is 4.79 Å². The summed E-state index contributed by atoms with van der Waals surface area (Å²) in [7, 11) is 0. The molecule has 0 radical (unpaired) electrons. The van der Waals surface area contributed by atoms with Crippen molar-refractivity contribution in [3.63, 3.8) is 0 Å². The Labute approximate surface area is 126 Å². The molecule has 2 aromatic rings. The van der Waals surface area contributed by atoms with Crippen molar-refractivity contribution in [3.8, 4) is 17.2 Å². The lowest BCUT2D eigenvalue weighted by molar-refractivity contribution is 0.100. The van der Waals surface area contributed by atoms with E-state index in [4.69, 9.17) is 18.0 Å². The van der Waals surface area contributed by atoms with E-state index in [1.54, 1.807) is 0 Å². The number of fused-ring (bicyclic) bond motifs is 1. The molecule has 0 bridgehead atoms. The smallest absolute Gasteiger partial charge is 0.174 e. The van der Waals surface area contributed by atoms with Crippen LogP contribution < -0.4 is 11.1 Å². The number of rotatable bonds is 1. The van der Waals surface area contributed by atoms with Crippen LogP contribution >= 0.6 is 12.2 Å². The van der Waals surface area contributed by atoms with Crippen LogP contribution in [0.4, 0.5) is 11.6 Å². The van der Waals surface area contributed by atoms with Gasteiger partial charge in [0.2, 0.25) is 0 Å². The molecule has 0 amide bonds. The zero-order valence-corrected chi connectivity index (χ0v) is 11.7. The van der Waals surface area contributed by atoms with Gasteiger partial charge in [-0.2, -0.15) is 5.26 Å². The van der Waals surface area contributed by atoms with Gasteiger partial charge in [-0.1, -0.05) is 42.5 Å². The first-order valence-electron chi connectivity index (χ1n) is 6.24. The van der Waals surface area contributed by atoms with E-state index in [2.05, 4.69) is 10.3 Å². The molecule has 2 heterocycles. The molecule has 0 spiro atoms. The van der Waals surface area contributed by atoms with Gasteiger partial charge in [0, 0.05) is 5.56 Å². The molecule has 1 aromatic carbocycles. The lowest BCUT2D eigenvalue weighted by atomic mass is 9.91. The summed E-state index contributed by atoms with van der Waals surface area (Å²) >= 11 is 5.05. The molecule has 5 nitrogen and oxygen atoms in total. The van der Waals surface area contributed by atoms with E-state index in [1.165, 1.54) is 0 Å². The van der Waals surface area contributed by atoms with Crippen molar-refractivity contribution in [1.82, 2.24) is 4.98 Å². The number of benzene rings is 1. The van der Waals surface area contributed by atoms with Gasteiger partial charge in [0.15, 0.2) is 5.78 Å². The standard InChI is InChI=1S/C15H10N4OS/c16-7-9-12(8-4-2-1-3-5-8)13-10(20)6-11(21)18-15(13)19-14(9)17/h1-5H,6H2,(H3,17,18,19,21). The summed E-state index contributed by atoms with van der Waals surface area (Å²) in [6, 6.07) is 11.2. The average Bonchev–Trinajstić information content (AvgIpc) is 2.46. The van der Waals surface area contributed by atoms with E-state index in [0.717, 1.165) is 5.56 Å². The summed E-state index contributed by atoms with van der Waals surface area (Å²) < 4.78 is 0. The van der Waals surface area contributed by atoms with Crippen LogP contribution in [0.15, 0.2) is 30.3 Å². The molecule has 0 atom stereocenters. The molecule has 0 unspecified atom stereocenters. The third kappa shape index (κ3) is 2.14. The van der Waals surface area contributed by atoms with Crippen LogP contribution in [0, 0.1) is 11.3 Å². The first-order chi connectivity index (χ1) is 10.1. The lowest BCUT2D eigenvalue weighted by Gasteiger charge is -2.21. The number of hydrogen-bond donors (Lipinski definition) is 2. The van der Waals surface area contributed by atoms with Gasteiger partial charge in [-0.15, -0.1) is 0 Å². The maximum atomic E-state index is 12.4. The van der Waals surface area contributed by atoms with Crippen molar-refractivity contribution in [2.24, 2.45) is 0 Å². The van der Waals surface area contributed by atoms with Crippen LogP contribution in [0.5, 0.6) is 0 Å². The third-order valence-electron chi connectivity index (χ3n) is 3.26. The number of nitrogens with one attached hydrogen (secondary N) is 1. The average molecular weight is 294 g/mol. The number of carbonyl (C=O) groups is 1. The number of anilines is 2. The van der Waals surface area contributed by atoms with E-state index in [1.807, 2.05) is 36.4 Å². The summed E-state index contributed by atoms with van der Waals surface area (Å²) in [5.74, 6) is 0.253. The molecule has 0 aliphatic carbocycles. The monoisotopic (exact) mass is 294 g/mol. The predicted molar refractivity (Wildman–Crippen MR) is 84.0 cm³/mol. The highest BCUT2D eigenvalue weighted by atomic mass is 32.1. The van der Waals surface area contributed by atoms with Gasteiger partial charge >= 0.3 is 0 Å². The Morgan fingerprint density at radius 1 is 1.29 bits per heavy atom. The number of hydrogen-bond acceptors (Lipinski definition) is 5. The maximum Gasteiger partial charge on any atom is 0.174 e. The largest absolute Gasteiger partial charge is 0.383 e. The first-order valence-corrected chi connectivity index (χ1v) is 6.64. The minimum Gasteiger partial charge on any atom is -0.383 e. The van der Waals surface area contributed by atoms with Crippen LogP contribution in [0.3, 0.4) is 0 Å². The summed E-state index contributed by atoms with van der Waals surface area (Å²) in [5.41, 5.74) is 7.71. The molecule has 3 rings (SSSR count). The fraction of sp³-hybridized carbons (Fsp3) is 0.0667. The number of aromatic nitrogens is 1. The number of carbonyl (C=O) groups excluding carboxylic acids is 1. The number of thiocarbonyl (C=S) groups is 1. The summed E-state index contributed by atoms with van der Waals surface area (Å²) in [6.07, 6.45) is 0.110. The van der Waals surface area contributed by atoms with Crippen LogP contribution in [-0.2, 0) is 0 Å². The van der Waals surface area contributed by atoms with Gasteiger partial charge in [-0.25, -0.2) is 4.98 Å². The second-order valence-corrected chi connectivity index (χ2v) is 5.09. The number of nitriles is 1. The molecular weight excluding hydrogens is 284 g/mol. The van der Waals surface area contributed by atoms with Gasteiger partial charge in [0.1, 0.15) is 23.3 Å². The fourth-order valence-electron chi connectivity index (χ4n) is 2.38. The van der Waals surface area contributed by atoms with Crippen molar-refractivity contribution in [2.45, 2.75) is 6.42 Å². The highest BCUT2D eigenvalue weighted by Gasteiger charge is 2.29. The molecule has 0 fully saturated rings. The first kappa shape index (κ1) is 13.2. The van der Waals surface area contributed by atoms with Crippen molar-refractivity contribution < 1.29 is 4.79 Å². The number of nitrogens with zero attached hydrogens (tertiary/aromatic N) is 2. The molecule has 21 heavy (non-hydrogen) atoms. The molecule has 1 aliphatic heterocycles. The highest BCUT2D eigenvalue weighted by Crippen LogP contribution is 2.36. The minimum atomic E-state index is -0.156. The van der Waals surface area contributed by atoms with Crippen LogP contribution in [0.2, 0.25) is 0 Å². The van der Waals surface area contributed by atoms with Gasteiger partial charge < -0.3 is 11.1 Å². The summed E-state index contributed by atoms with van der Waals surface area (Å²) in [6.45, 7) is 0. The van der Waals surface area contributed by atoms with Gasteiger partial charge in [0.25, 0.3) is 0 Å². The van der Waals surface area contributed by atoms with Crippen molar-refractivity contribution in [1.29, 1.82) is 5.26 Å². The maximum absolute atomic E-state index is 12.4. The van der Waals surface area contributed by atoms with Gasteiger partial charge in [-0.05, 0) is 5.56 Å². The van der Waals surface area contributed by atoms with E-state index in [0.29, 0.717) is 21.9 Å². The number of nitrogens with two attached hydrogens (primary N) is 1. The number of nitrogen functional groups attached to an aromatic ring is 1. The fourth-order valence-corrected chi connectivity index (χ4v) is 2.61. The van der Waals surface area contributed by atoms with E-state index >= 15 is 0 Å². The van der Waals surface area contributed by atoms with Crippen LogP contribution in [-0.4, -0.2) is 15.8 Å². The second-order valence-electron chi connectivity index (χ2n) is 4.60. The number of pyridine rings is 1. The Morgan fingerprint density at radius 2 is 2.00 bits per heavy atom. The summed E-state index contributed by atoms with van der Waals surface area (Å²) in [4.78, 5) is 16.9. The molecule has 102 valence electrons. The zero-order chi connectivity index (χ0) is 15.0. The zero-order valence-electron chi connectivity index (χ0n) is 10.9. The molecular formula is C15H10N4OS. The SMILES string of the molecule is N#Cc1c(N)nc2c(c1-c1ccccc1)C(=O)CC(=S)N2. The molecule has 0 saturated carbocycles. The van der Waals surface area contributed by atoms with Crippen LogP contribution in [0.1, 0.15) is 22.3 Å². The summed E-state index contributed by atoms with van der Waals surface area (Å²) in [5, 5.41) is 12.3. The molecule has 6 heteroatoms. The quantitative estimate of drug-likeness (QED) is 0.785. The van der Waals surface area contributed by atoms with Gasteiger partial charge in [0.05, 0.1) is 17.0 Å². The molecule has 0 saturated heterocycles. The van der Waals surface area contributed by atoms with E-state index < -0.39 is 0 Å². The Morgan fingerprint density at radius 3 is 2.67 bits per heavy atom. The Kier molecular flexibility index (Phi) is 3.12. The van der Waals surface area contributed by atoms with E-state index in [-0.39, 0.29) is 23.6 Å². The Bertz CT molecular complexity index is 809. The molecule has 1 aromatic heterocycles. The molecule has 3 N–H and O–H groups in total. The topological polar surface area (TPSA) is 91.8 Å². The minimum absolute atomic E-state index is 0.0834. The lowest BCUT2D eigenvalue weighted by Crippen LogP contribution is -2.25.